The summed E-state index contributed by atoms with van der Waals surface area (Å²) < 4.78 is 1.90. The van der Waals surface area contributed by atoms with Crippen LogP contribution in [0.15, 0.2) is 24.7 Å². The van der Waals surface area contributed by atoms with Crippen molar-refractivity contribution in [3.63, 3.8) is 0 Å². The molecule has 0 spiro atoms. The number of hydrogen-bond donors (Lipinski definition) is 3. The first kappa shape index (κ1) is 12.8. The Morgan fingerprint density at radius 2 is 2.20 bits per heavy atom. The number of pyridine rings is 2. The summed E-state index contributed by atoms with van der Waals surface area (Å²) in [5.74, 6) is 0.340. The van der Waals surface area contributed by atoms with Crippen LogP contribution in [0.1, 0.15) is 6.42 Å². The highest BCUT2D eigenvalue weighted by molar-refractivity contribution is 6.04. The SMILES string of the molecule is Nc1nc2ncccc2c2c1ncn2CCC(O)CO. The van der Waals surface area contributed by atoms with E-state index in [2.05, 4.69) is 15.0 Å². The predicted octanol–water partition coefficient (Wildman–Crippen LogP) is 0.305. The van der Waals surface area contributed by atoms with E-state index in [9.17, 15) is 5.11 Å². The minimum Gasteiger partial charge on any atom is -0.394 e. The summed E-state index contributed by atoms with van der Waals surface area (Å²) >= 11 is 0. The molecule has 3 aromatic rings. The molecule has 3 rings (SSSR count). The molecule has 0 aliphatic carbocycles. The van der Waals surface area contributed by atoms with Crippen molar-refractivity contribution >= 4 is 27.9 Å². The monoisotopic (exact) mass is 273 g/mol. The Bertz CT molecular complexity index is 755. The summed E-state index contributed by atoms with van der Waals surface area (Å²) in [7, 11) is 0. The van der Waals surface area contributed by atoms with Crippen molar-refractivity contribution in [3.05, 3.63) is 24.7 Å². The van der Waals surface area contributed by atoms with Crippen LogP contribution in [0.25, 0.3) is 22.1 Å². The molecule has 0 saturated heterocycles. The lowest BCUT2D eigenvalue weighted by Gasteiger charge is -2.09. The molecule has 0 amide bonds. The number of nitrogens with zero attached hydrogens (tertiary/aromatic N) is 4. The first-order chi connectivity index (χ1) is 9.70. The topological polar surface area (TPSA) is 110 Å². The van der Waals surface area contributed by atoms with Gasteiger partial charge in [-0.15, -0.1) is 0 Å². The van der Waals surface area contributed by atoms with E-state index in [4.69, 9.17) is 10.8 Å². The molecule has 7 heteroatoms. The molecule has 7 nitrogen and oxygen atoms in total. The lowest BCUT2D eigenvalue weighted by atomic mass is 10.2. The average Bonchev–Trinajstić information content (AvgIpc) is 2.90. The summed E-state index contributed by atoms with van der Waals surface area (Å²) in [4.78, 5) is 12.7. The number of aromatic nitrogens is 4. The third-order valence-corrected chi connectivity index (χ3v) is 3.26. The van der Waals surface area contributed by atoms with E-state index in [0.717, 1.165) is 10.9 Å². The predicted molar refractivity (Wildman–Crippen MR) is 75.0 cm³/mol. The normalized spacial score (nSPS) is 13.1. The summed E-state index contributed by atoms with van der Waals surface area (Å²) in [5.41, 5.74) is 7.95. The molecule has 3 aromatic heterocycles. The molecule has 0 saturated carbocycles. The first-order valence-electron chi connectivity index (χ1n) is 6.34. The second-order valence-electron chi connectivity index (χ2n) is 4.63. The van der Waals surface area contributed by atoms with Gasteiger partial charge in [-0.2, -0.15) is 0 Å². The highest BCUT2D eigenvalue weighted by Gasteiger charge is 2.13. The second kappa shape index (κ2) is 5.03. The minimum absolute atomic E-state index is 0.251. The molecular weight excluding hydrogens is 258 g/mol. The van der Waals surface area contributed by atoms with Gasteiger partial charge in [0.15, 0.2) is 11.5 Å². The Morgan fingerprint density at radius 1 is 1.35 bits per heavy atom. The number of aliphatic hydroxyl groups excluding tert-OH is 2. The molecule has 104 valence electrons. The van der Waals surface area contributed by atoms with Gasteiger partial charge in [0.1, 0.15) is 5.52 Å². The lowest BCUT2D eigenvalue weighted by Crippen LogP contribution is -2.14. The van der Waals surface area contributed by atoms with Crippen molar-refractivity contribution in [2.24, 2.45) is 0 Å². The van der Waals surface area contributed by atoms with Crippen LogP contribution in [0.5, 0.6) is 0 Å². The van der Waals surface area contributed by atoms with E-state index >= 15 is 0 Å². The van der Waals surface area contributed by atoms with E-state index in [0.29, 0.717) is 29.9 Å². The van der Waals surface area contributed by atoms with Gasteiger partial charge in [-0.1, -0.05) is 0 Å². The van der Waals surface area contributed by atoms with E-state index in [1.54, 1.807) is 12.5 Å². The number of aryl methyl sites for hydroxylation is 1. The molecule has 3 heterocycles. The maximum atomic E-state index is 9.46. The zero-order valence-corrected chi connectivity index (χ0v) is 10.8. The minimum atomic E-state index is -0.740. The molecule has 0 aromatic carbocycles. The number of anilines is 1. The Kier molecular flexibility index (Phi) is 3.21. The van der Waals surface area contributed by atoms with Gasteiger partial charge >= 0.3 is 0 Å². The maximum Gasteiger partial charge on any atom is 0.163 e. The van der Waals surface area contributed by atoms with Crippen LogP contribution in [0, 0.1) is 0 Å². The number of nitrogen functional groups attached to an aromatic ring is 1. The van der Waals surface area contributed by atoms with Crippen LogP contribution in [0.4, 0.5) is 5.82 Å². The van der Waals surface area contributed by atoms with Crippen molar-refractivity contribution in [1.82, 2.24) is 19.5 Å². The smallest absolute Gasteiger partial charge is 0.163 e. The van der Waals surface area contributed by atoms with Crippen LogP contribution < -0.4 is 5.73 Å². The van der Waals surface area contributed by atoms with Crippen molar-refractivity contribution in [2.45, 2.75) is 19.1 Å². The molecule has 4 N–H and O–H groups in total. The Labute approximate surface area is 114 Å². The molecule has 0 aliphatic heterocycles. The second-order valence-corrected chi connectivity index (χ2v) is 4.63. The van der Waals surface area contributed by atoms with Gasteiger partial charge < -0.3 is 20.5 Å². The molecule has 0 fully saturated rings. The summed E-state index contributed by atoms with van der Waals surface area (Å²) in [5, 5.41) is 19.2. The molecule has 0 radical (unpaired) electrons. The van der Waals surface area contributed by atoms with E-state index < -0.39 is 6.10 Å². The van der Waals surface area contributed by atoms with Crippen LogP contribution in [-0.2, 0) is 6.54 Å². The fourth-order valence-corrected chi connectivity index (χ4v) is 2.24. The molecule has 0 bridgehead atoms. The Hall–Kier alpha value is -2.25. The van der Waals surface area contributed by atoms with E-state index in [-0.39, 0.29) is 6.61 Å². The van der Waals surface area contributed by atoms with E-state index in [1.807, 2.05) is 16.7 Å². The fourth-order valence-electron chi connectivity index (χ4n) is 2.24. The summed E-state index contributed by atoms with van der Waals surface area (Å²) in [6.07, 6.45) is 3.03. The zero-order valence-electron chi connectivity index (χ0n) is 10.8. The number of hydrogen-bond acceptors (Lipinski definition) is 6. The Balaban J connectivity index is 2.14. The third-order valence-electron chi connectivity index (χ3n) is 3.26. The van der Waals surface area contributed by atoms with Gasteiger partial charge in [0.05, 0.1) is 24.6 Å². The summed E-state index contributed by atoms with van der Waals surface area (Å²) in [6.45, 7) is 0.282. The molecule has 1 unspecified atom stereocenters. The van der Waals surface area contributed by atoms with Crippen LogP contribution in [0.2, 0.25) is 0 Å². The number of imidazole rings is 1. The quantitative estimate of drug-likeness (QED) is 0.631. The van der Waals surface area contributed by atoms with Gasteiger partial charge in [-0.25, -0.2) is 15.0 Å². The van der Waals surface area contributed by atoms with Crippen molar-refractivity contribution in [1.29, 1.82) is 0 Å². The summed E-state index contributed by atoms with van der Waals surface area (Å²) in [6, 6.07) is 3.75. The van der Waals surface area contributed by atoms with Crippen LogP contribution >= 0.6 is 0 Å². The average molecular weight is 273 g/mol. The van der Waals surface area contributed by atoms with Crippen molar-refractivity contribution in [3.8, 4) is 0 Å². The number of rotatable bonds is 4. The van der Waals surface area contributed by atoms with Crippen LogP contribution in [-0.4, -0.2) is 42.4 Å². The van der Waals surface area contributed by atoms with E-state index in [1.165, 1.54) is 0 Å². The standard InChI is InChI=1S/C13H15N5O2/c14-12-10-11(9-2-1-4-15-13(9)17-12)18(7-16-10)5-3-8(20)6-19/h1-2,4,7-8,19-20H,3,5-6H2,(H2,14,15,17). The van der Waals surface area contributed by atoms with Crippen molar-refractivity contribution in [2.75, 3.05) is 12.3 Å². The molecule has 0 aliphatic rings. The molecular formula is C13H15N5O2. The van der Waals surface area contributed by atoms with Gasteiger partial charge in [-0.3, -0.25) is 0 Å². The van der Waals surface area contributed by atoms with Gasteiger partial charge in [0, 0.05) is 18.1 Å². The Morgan fingerprint density at radius 3 is 3.00 bits per heavy atom. The van der Waals surface area contributed by atoms with Crippen molar-refractivity contribution < 1.29 is 10.2 Å². The fraction of sp³-hybridized carbons (Fsp3) is 0.308. The maximum absolute atomic E-state index is 9.46. The van der Waals surface area contributed by atoms with Crippen LogP contribution in [0.3, 0.4) is 0 Å². The molecule has 1 atom stereocenters. The molecule has 20 heavy (non-hydrogen) atoms. The van der Waals surface area contributed by atoms with Gasteiger partial charge in [-0.05, 0) is 18.6 Å². The highest BCUT2D eigenvalue weighted by atomic mass is 16.3. The lowest BCUT2D eigenvalue weighted by molar-refractivity contribution is 0.0849. The zero-order chi connectivity index (χ0) is 14.1. The largest absolute Gasteiger partial charge is 0.394 e. The number of fused-ring (bicyclic) bond motifs is 3. The van der Waals surface area contributed by atoms with Gasteiger partial charge in [0.2, 0.25) is 0 Å². The highest BCUT2D eigenvalue weighted by Crippen LogP contribution is 2.26. The number of nitrogens with two attached hydrogens (primary N) is 1. The number of aliphatic hydroxyl groups is 2. The third kappa shape index (κ3) is 2.06. The first-order valence-corrected chi connectivity index (χ1v) is 6.34. The van der Waals surface area contributed by atoms with Gasteiger partial charge in [0.25, 0.3) is 0 Å².